The van der Waals surface area contributed by atoms with E-state index < -0.39 is 10.0 Å². The summed E-state index contributed by atoms with van der Waals surface area (Å²) in [6, 6.07) is 7.57. The average Bonchev–Trinajstić information content (AvgIpc) is 2.64. The number of aliphatic imine (C=N–C) groups is 1. The molecule has 1 aromatic rings. The Balaban J connectivity index is 2.28. The molecular weight excluding hydrogens is 360 g/mol. The molecule has 1 rings (SSSR count). The molecule has 3 N–H and O–H groups in total. The summed E-state index contributed by atoms with van der Waals surface area (Å²) in [6.45, 7) is 6.11. The van der Waals surface area contributed by atoms with Crippen LogP contribution in [0.3, 0.4) is 0 Å². The quantitative estimate of drug-likeness (QED) is 0.288. The van der Waals surface area contributed by atoms with Gasteiger partial charge in [-0.1, -0.05) is 63.8 Å². The van der Waals surface area contributed by atoms with Crippen LogP contribution in [-0.2, 0) is 22.3 Å². The molecule has 0 heterocycles. The van der Waals surface area contributed by atoms with Crippen LogP contribution in [0.5, 0.6) is 0 Å². The molecule has 154 valence electrons. The molecule has 0 saturated heterocycles. The minimum Gasteiger partial charge on any atom is -0.356 e. The Kier molecular flexibility index (Phi) is 11.0. The molecule has 0 bridgehead atoms. The highest BCUT2D eigenvalue weighted by molar-refractivity contribution is 7.88. The Hall–Kier alpha value is -1.60. The zero-order chi connectivity index (χ0) is 20.1. The van der Waals surface area contributed by atoms with Crippen molar-refractivity contribution in [1.82, 2.24) is 15.4 Å². The molecule has 0 aliphatic carbocycles. The highest BCUT2D eigenvalue weighted by atomic mass is 32.2. The van der Waals surface area contributed by atoms with E-state index in [0.29, 0.717) is 6.54 Å². The summed E-state index contributed by atoms with van der Waals surface area (Å²) >= 11 is 0. The van der Waals surface area contributed by atoms with E-state index in [1.54, 1.807) is 7.05 Å². The van der Waals surface area contributed by atoms with E-state index in [2.05, 4.69) is 34.2 Å². The van der Waals surface area contributed by atoms with Gasteiger partial charge in [0.2, 0.25) is 10.0 Å². The van der Waals surface area contributed by atoms with Gasteiger partial charge in [-0.15, -0.1) is 0 Å². The van der Waals surface area contributed by atoms with Crippen molar-refractivity contribution in [2.75, 3.05) is 20.6 Å². The molecule has 0 aliphatic heterocycles. The van der Waals surface area contributed by atoms with E-state index >= 15 is 0 Å². The smallest absolute Gasteiger partial charge is 0.215 e. The summed E-state index contributed by atoms with van der Waals surface area (Å²) in [5, 5.41) is 6.63. The van der Waals surface area contributed by atoms with Crippen molar-refractivity contribution in [1.29, 1.82) is 0 Å². The molecule has 0 aliphatic rings. The van der Waals surface area contributed by atoms with Crippen molar-refractivity contribution < 1.29 is 8.42 Å². The molecule has 0 amide bonds. The molecule has 7 heteroatoms. The number of hydrogen-bond donors (Lipinski definition) is 3. The fraction of sp³-hybridized carbons (Fsp3) is 0.650. The lowest BCUT2D eigenvalue weighted by Gasteiger charge is -2.12. The number of rotatable bonds is 12. The minimum absolute atomic E-state index is 0.00238. The van der Waals surface area contributed by atoms with Crippen molar-refractivity contribution in [3.63, 3.8) is 0 Å². The van der Waals surface area contributed by atoms with Crippen LogP contribution >= 0.6 is 0 Å². The molecule has 0 aromatic heterocycles. The number of nitrogens with zero attached hydrogens (tertiary/aromatic N) is 1. The SMILES string of the molecule is CN=C(NCCCCCCC(C)C)NCc1ccc(CS(=O)(=O)NC)cc1. The van der Waals surface area contributed by atoms with Crippen molar-refractivity contribution in [3.8, 4) is 0 Å². The second-order valence-electron chi connectivity index (χ2n) is 7.23. The number of unbranched alkanes of at least 4 members (excludes halogenated alkanes) is 3. The van der Waals surface area contributed by atoms with Gasteiger partial charge in [-0.3, -0.25) is 4.99 Å². The highest BCUT2D eigenvalue weighted by Crippen LogP contribution is 2.09. The topological polar surface area (TPSA) is 82.6 Å². The molecule has 1 aromatic carbocycles. The van der Waals surface area contributed by atoms with Crippen molar-refractivity contribution in [3.05, 3.63) is 35.4 Å². The normalized spacial score (nSPS) is 12.4. The maximum atomic E-state index is 11.6. The van der Waals surface area contributed by atoms with Crippen LogP contribution in [0.25, 0.3) is 0 Å². The third kappa shape index (κ3) is 11.0. The van der Waals surface area contributed by atoms with Gasteiger partial charge in [0, 0.05) is 20.1 Å². The maximum Gasteiger partial charge on any atom is 0.215 e. The molecule has 27 heavy (non-hydrogen) atoms. The van der Waals surface area contributed by atoms with Crippen LogP contribution in [0.15, 0.2) is 29.3 Å². The van der Waals surface area contributed by atoms with Gasteiger partial charge in [0.05, 0.1) is 5.75 Å². The lowest BCUT2D eigenvalue weighted by Crippen LogP contribution is -2.37. The van der Waals surface area contributed by atoms with Crippen molar-refractivity contribution in [2.45, 2.75) is 58.2 Å². The first-order valence-electron chi connectivity index (χ1n) is 9.80. The fourth-order valence-electron chi connectivity index (χ4n) is 2.69. The van der Waals surface area contributed by atoms with Crippen LogP contribution in [0.4, 0.5) is 0 Å². The highest BCUT2D eigenvalue weighted by Gasteiger charge is 2.08. The first kappa shape index (κ1) is 23.4. The Labute approximate surface area is 165 Å². The Bertz CT molecular complexity index is 655. The molecule has 0 radical (unpaired) electrons. The first-order valence-corrected chi connectivity index (χ1v) is 11.4. The lowest BCUT2D eigenvalue weighted by molar-refractivity contribution is 0.518. The van der Waals surface area contributed by atoms with Crippen LogP contribution in [0.2, 0.25) is 0 Å². The van der Waals surface area contributed by atoms with E-state index in [0.717, 1.165) is 36.0 Å². The summed E-state index contributed by atoms with van der Waals surface area (Å²) in [5.74, 6) is 1.59. The standard InChI is InChI=1S/C20H36N4O2S/c1-17(2)9-7-5-6-8-14-23-20(21-3)24-15-18-10-12-19(13-11-18)16-27(25,26)22-4/h10-13,17,22H,5-9,14-16H2,1-4H3,(H2,21,23,24). The molecule has 0 saturated carbocycles. The van der Waals surface area contributed by atoms with E-state index in [-0.39, 0.29) is 5.75 Å². The lowest BCUT2D eigenvalue weighted by atomic mass is 10.0. The molecule has 0 fully saturated rings. The summed E-state index contributed by atoms with van der Waals surface area (Å²) in [7, 11) is -0.0371. The van der Waals surface area contributed by atoms with Gasteiger partial charge >= 0.3 is 0 Å². The van der Waals surface area contributed by atoms with Crippen LogP contribution in [0, 0.1) is 5.92 Å². The van der Waals surface area contributed by atoms with E-state index in [9.17, 15) is 8.42 Å². The average molecular weight is 397 g/mol. The van der Waals surface area contributed by atoms with Crippen LogP contribution in [0.1, 0.15) is 57.1 Å². The monoisotopic (exact) mass is 396 g/mol. The van der Waals surface area contributed by atoms with E-state index in [1.165, 1.54) is 32.7 Å². The van der Waals surface area contributed by atoms with Gasteiger partial charge in [-0.2, -0.15) is 0 Å². The van der Waals surface area contributed by atoms with Crippen LogP contribution < -0.4 is 15.4 Å². The number of guanidine groups is 1. The largest absolute Gasteiger partial charge is 0.356 e. The molecule has 0 atom stereocenters. The number of sulfonamides is 1. The number of hydrogen-bond acceptors (Lipinski definition) is 3. The summed E-state index contributed by atoms with van der Waals surface area (Å²) in [5.41, 5.74) is 1.85. The van der Waals surface area contributed by atoms with Crippen molar-refractivity contribution >= 4 is 16.0 Å². The van der Waals surface area contributed by atoms with E-state index in [4.69, 9.17) is 0 Å². The maximum absolute atomic E-state index is 11.6. The molecular formula is C20H36N4O2S. The van der Waals surface area contributed by atoms with Gasteiger partial charge in [-0.05, 0) is 30.5 Å². The van der Waals surface area contributed by atoms with Gasteiger partial charge < -0.3 is 10.6 Å². The third-order valence-electron chi connectivity index (χ3n) is 4.37. The third-order valence-corrected chi connectivity index (χ3v) is 5.71. The molecule has 0 unspecified atom stereocenters. The second kappa shape index (κ2) is 12.7. The Morgan fingerprint density at radius 1 is 1.00 bits per heavy atom. The summed E-state index contributed by atoms with van der Waals surface area (Å²) in [6.07, 6.45) is 6.31. The predicted molar refractivity (Wildman–Crippen MR) is 114 cm³/mol. The number of nitrogens with one attached hydrogen (secondary N) is 3. The van der Waals surface area contributed by atoms with Crippen molar-refractivity contribution in [2.24, 2.45) is 10.9 Å². The molecule has 6 nitrogen and oxygen atoms in total. The first-order chi connectivity index (χ1) is 12.9. The van der Waals surface area contributed by atoms with Gasteiger partial charge in [0.15, 0.2) is 5.96 Å². The minimum atomic E-state index is -3.23. The van der Waals surface area contributed by atoms with Gasteiger partial charge in [-0.25, -0.2) is 13.1 Å². The Morgan fingerprint density at radius 3 is 2.22 bits per heavy atom. The zero-order valence-corrected chi connectivity index (χ0v) is 18.0. The van der Waals surface area contributed by atoms with Gasteiger partial charge in [0.25, 0.3) is 0 Å². The second-order valence-corrected chi connectivity index (χ2v) is 9.16. The van der Waals surface area contributed by atoms with Gasteiger partial charge in [0.1, 0.15) is 0 Å². The predicted octanol–water partition coefficient (Wildman–Crippen LogP) is 3.01. The van der Waals surface area contributed by atoms with E-state index in [1.807, 2.05) is 24.3 Å². The summed E-state index contributed by atoms with van der Waals surface area (Å²) in [4.78, 5) is 4.24. The van der Waals surface area contributed by atoms with Crippen LogP contribution in [-0.4, -0.2) is 35.0 Å². The fourth-order valence-corrected chi connectivity index (χ4v) is 3.46. The number of benzene rings is 1. The molecule has 0 spiro atoms. The summed E-state index contributed by atoms with van der Waals surface area (Å²) < 4.78 is 25.5. The Morgan fingerprint density at radius 2 is 1.63 bits per heavy atom. The zero-order valence-electron chi connectivity index (χ0n) is 17.2.